The van der Waals surface area contributed by atoms with E-state index in [0.717, 1.165) is 18.9 Å². The van der Waals surface area contributed by atoms with Crippen molar-refractivity contribution >= 4 is 11.7 Å². The smallest absolute Gasteiger partial charge is 0.336 e. The Hall–Kier alpha value is -2.11. The molecule has 0 aliphatic carbocycles. The lowest BCUT2D eigenvalue weighted by Gasteiger charge is -2.11. The highest BCUT2D eigenvalue weighted by atomic mass is 16.6. The van der Waals surface area contributed by atoms with E-state index in [1.54, 1.807) is 6.92 Å². The first-order valence-corrected chi connectivity index (χ1v) is 6.48. The number of hydrogen-bond acceptors (Lipinski definition) is 4. The molecule has 0 aliphatic rings. The van der Waals surface area contributed by atoms with Crippen molar-refractivity contribution in [3.8, 4) is 5.75 Å². The van der Waals surface area contributed by atoms with Gasteiger partial charge < -0.3 is 9.84 Å². The minimum absolute atomic E-state index is 0.138. The second-order valence-corrected chi connectivity index (χ2v) is 5.07. The van der Waals surface area contributed by atoms with Crippen molar-refractivity contribution in [3.05, 3.63) is 33.4 Å². The Balaban J connectivity index is 2.93. The van der Waals surface area contributed by atoms with Crippen molar-refractivity contribution in [2.75, 3.05) is 6.61 Å². The Morgan fingerprint density at radius 1 is 1.45 bits per heavy atom. The molecule has 0 saturated heterocycles. The van der Waals surface area contributed by atoms with Gasteiger partial charge in [0.2, 0.25) is 0 Å². The van der Waals surface area contributed by atoms with Crippen molar-refractivity contribution in [2.45, 2.75) is 33.6 Å². The molecule has 0 atom stereocenters. The van der Waals surface area contributed by atoms with Gasteiger partial charge in [-0.25, -0.2) is 4.79 Å². The van der Waals surface area contributed by atoms with E-state index >= 15 is 0 Å². The summed E-state index contributed by atoms with van der Waals surface area (Å²) in [4.78, 5) is 21.3. The molecule has 0 saturated carbocycles. The third kappa shape index (κ3) is 4.22. The number of benzene rings is 1. The van der Waals surface area contributed by atoms with E-state index in [1.807, 2.05) is 0 Å². The van der Waals surface area contributed by atoms with Gasteiger partial charge in [0.25, 0.3) is 5.69 Å². The first-order chi connectivity index (χ1) is 9.32. The molecule has 1 aromatic carbocycles. The number of hydrogen-bond donors (Lipinski definition) is 1. The van der Waals surface area contributed by atoms with E-state index in [-0.39, 0.29) is 17.0 Å². The van der Waals surface area contributed by atoms with Gasteiger partial charge in [-0.3, -0.25) is 10.1 Å². The summed E-state index contributed by atoms with van der Waals surface area (Å²) in [7, 11) is 0. The van der Waals surface area contributed by atoms with Crippen molar-refractivity contribution in [1.82, 2.24) is 0 Å². The van der Waals surface area contributed by atoms with E-state index in [1.165, 1.54) is 6.07 Å². The molecular weight excluding hydrogens is 262 g/mol. The van der Waals surface area contributed by atoms with Crippen molar-refractivity contribution in [3.63, 3.8) is 0 Å². The Labute approximate surface area is 117 Å². The first kappa shape index (κ1) is 15.9. The molecule has 1 N–H and O–H groups in total. The predicted octanol–water partition coefficient (Wildman–Crippen LogP) is 3.42. The Kier molecular flexibility index (Phi) is 5.49. The molecule has 0 heterocycles. The van der Waals surface area contributed by atoms with Crippen LogP contribution >= 0.6 is 0 Å². The molecule has 6 nitrogen and oxygen atoms in total. The van der Waals surface area contributed by atoms with Crippen molar-refractivity contribution in [2.24, 2.45) is 5.92 Å². The van der Waals surface area contributed by atoms with Crippen LogP contribution < -0.4 is 4.74 Å². The monoisotopic (exact) mass is 281 g/mol. The molecule has 1 aromatic rings. The first-order valence-electron chi connectivity index (χ1n) is 6.48. The third-order valence-electron chi connectivity index (χ3n) is 2.96. The standard InChI is InChI=1S/C14H19NO5/c1-9(2)5-4-6-20-13-8-11(14(16)17)7-12(10(13)3)15(18)19/h7-9H,4-6H2,1-3H3,(H,16,17). The van der Waals surface area contributed by atoms with E-state index in [4.69, 9.17) is 9.84 Å². The van der Waals surface area contributed by atoms with Gasteiger partial charge in [-0.2, -0.15) is 0 Å². The van der Waals surface area contributed by atoms with Crippen molar-refractivity contribution < 1.29 is 19.6 Å². The highest BCUT2D eigenvalue weighted by Crippen LogP contribution is 2.29. The van der Waals surface area contributed by atoms with Gasteiger partial charge in [0.15, 0.2) is 0 Å². The molecule has 0 aliphatic heterocycles. The lowest BCUT2D eigenvalue weighted by molar-refractivity contribution is -0.385. The summed E-state index contributed by atoms with van der Waals surface area (Å²) < 4.78 is 5.50. The fourth-order valence-corrected chi connectivity index (χ4v) is 1.81. The molecular formula is C14H19NO5. The summed E-state index contributed by atoms with van der Waals surface area (Å²) >= 11 is 0. The molecule has 0 amide bonds. The van der Waals surface area contributed by atoms with Crippen LogP contribution in [0.3, 0.4) is 0 Å². The van der Waals surface area contributed by atoms with Crippen LogP contribution in [0.2, 0.25) is 0 Å². The van der Waals surface area contributed by atoms with Crippen LogP contribution in [0.25, 0.3) is 0 Å². The molecule has 0 bridgehead atoms. The number of carbonyl (C=O) groups is 1. The molecule has 0 spiro atoms. The van der Waals surface area contributed by atoms with Crippen LogP contribution in [-0.4, -0.2) is 22.6 Å². The average Bonchev–Trinajstić information content (AvgIpc) is 2.35. The summed E-state index contributed by atoms with van der Waals surface area (Å²) in [6.07, 6.45) is 1.81. The van der Waals surface area contributed by atoms with Gasteiger partial charge >= 0.3 is 5.97 Å². The highest BCUT2D eigenvalue weighted by Gasteiger charge is 2.19. The fraction of sp³-hybridized carbons (Fsp3) is 0.500. The zero-order chi connectivity index (χ0) is 15.3. The Morgan fingerprint density at radius 3 is 2.60 bits per heavy atom. The molecule has 0 aromatic heterocycles. The molecule has 20 heavy (non-hydrogen) atoms. The predicted molar refractivity (Wildman–Crippen MR) is 74.4 cm³/mol. The zero-order valence-electron chi connectivity index (χ0n) is 11.9. The topological polar surface area (TPSA) is 89.7 Å². The number of aromatic carboxylic acids is 1. The normalized spacial score (nSPS) is 10.6. The second-order valence-electron chi connectivity index (χ2n) is 5.07. The maximum Gasteiger partial charge on any atom is 0.336 e. The molecule has 110 valence electrons. The SMILES string of the molecule is Cc1c(OCCCC(C)C)cc(C(=O)O)cc1[N+](=O)[O-]. The van der Waals surface area contributed by atoms with E-state index in [2.05, 4.69) is 13.8 Å². The maximum absolute atomic E-state index is 11.0. The lowest BCUT2D eigenvalue weighted by Crippen LogP contribution is -2.05. The van der Waals surface area contributed by atoms with Gasteiger partial charge in [-0.15, -0.1) is 0 Å². The van der Waals surface area contributed by atoms with Crippen LogP contribution in [0.15, 0.2) is 12.1 Å². The van der Waals surface area contributed by atoms with Gasteiger partial charge in [-0.1, -0.05) is 13.8 Å². The lowest BCUT2D eigenvalue weighted by atomic mass is 10.1. The number of ether oxygens (including phenoxy) is 1. The number of nitro benzene ring substituents is 1. The summed E-state index contributed by atoms with van der Waals surface area (Å²) in [5.41, 5.74) is -0.0190. The summed E-state index contributed by atoms with van der Waals surface area (Å²) in [6.45, 7) is 6.17. The number of nitrogens with zero attached hydrogens (tertiary/aromatic N) is 1. The number of rotatable bonds is 7. The second kappa shape index (κ2) is 6.88. The van der Waals surface area contributed by atoms with Crippen LogP contribution in [0.4, 0.5) is 5.69 Å². The summed E-state index contributed by atoms with van der Waals surface area (Å²) in [6, 6.07) is 2.39. The Morgan fingerprint density at radius 2 is 2.10 bits per heavy atom. The number of nitro groups is 1. The van der Waals surface area contributed by atoms with E-state index in [9.17, 15) is 14.9 Å². The number of carboxylic acid groups (broad SMARTS) is 1. The Bertz CT molecular complexity index is 511. The maximum atomic E-state index is 11.0. The van der Waals surface area contributed by atoms with E-state index in [0.29, 0.717) is 18.1 Å². The molecule has 0 fully saturated rings. The van der Waals surface area contributed by atoms with Gasteiger partial charge in [0, 0.05) is 6.07 Å². The van der Waals surface area contributed by atoms with Gasteiger partial charge in [0.1, 0.15) is 5.75 Å². The molecule has 0 radical (unpaired) electrons. The largest absolute Gasteiger partial charge is 0.493 e. The van der Waals surface area contributed by atoms with Gasteiger partial charge in [-0.05, 0) is 31.7 Å². The molecule has 6 heteroatoms. The highest BCUT2D eigenvalue weighted by molar-refractivity contribution is 5.89. The van der Waals surface area contributed by atoms with Crippen LogP contribution in [0, 0.1) is 23.0 Å². The fourth-order valence-electron chi connectivity index (χ4n) is 1.81. The average molecular weight is 281 g/mol. The summed E-state index contributed by atoms with van der Waals surface area (Å²) in [5.74, 6) is -0.389. The number of carboxylic acids is 1. The van der Waals surface area contributed by atoms with Crippen LogP contribution in [-0.2, 0) is 0 Å². The van der Waals surface area contributed by atoms with Gasteiger partial charge in [0.05, 0.1) is 22.7 Å². The molecule has 0 unspecified atom stereocenters. The molecule has 1 rings (SSSR count). The summed E-state index contributed by atoms with van der Waals surface area (Å²) in [5, 5.41) is 19.9. The van der Waals surface area contributed by atoms with E-state index < -0.39 is 10.9 Å². The minimum Gasteiger partial charge on any atom is -0.493 e. The third-order valence-corrected chi connectivity index (χ3v) is 2.96. The van der Waals surface area contributed by atoms with Crippen molar-refractivity contribution in [1.29, 1.82) is 0 Å². The zero-order valence-corrected chi connectivity index (χ0v) is 11.9. The van der Waals surface area contributed by atoms with Crippen LogP contribution in [0.1, 0.15) is 42.6 Å². The minimum atomic E-state index is -1.21. The quantitative estimate of drug-likeness (QED) is 0.470. The van der Waals surface area contributed by atoms with Crippen LogP contribution in [0.5, 0.6) is 5.75 Å².